The lowest BCUT2D eigenvalue weighted by Gasteiger charge is -2.45. The summed E-state index contributed by atoms with van der Waals surface area (Å²) in [5.41, 5.74) is 1.20. The van der Waals surface area contributed by atoms with E-state index in [9.17, 15) is 9.59 Å². The summed E-state index contributed by atoms with van der Waals surface area (Å²) in [6.45, 7) is 5.41. The lowest BCUT2D eigenvalue weighted by atomic mass is 9.91. The molecule has 1 aliphatic carbocycles. The molecule has 3 aliphatic rings. The molecule has 0 bridgehead atoms. The molecule has 7 heteroatoms. The van der Waals surface area contributed by atoms with Gasteiger partial charge in [-0.25, -0.2) is 0 Å². The first kappa shape index (κ1) is 21.6. The number of aryl methyl sites for hydroxylation is 1. The van der Waals surface area contributed by atoms with Gasteiger partial charge >= 0.3 is 0 Å². The summed E-state index contributed by atoms with van der Waals surface area (Å²) >= 11 is 0. The smallest absolute Gasteiger partial charge is 0.271 e. The summed E-state index contributed by atoms with van der Waals surface area (Å²) in [5.74, 6) is 0.633. The SMILES string of the molecule is Cc1cc2c(cc3n2C[C@@](C)(C(=O)NC2CCCCCCC2)N(C[C@@H]2CCCO2)C3=O)o1. The summed E-state index contributed by atoms with van der Waals surface area (Å²) in [6.07, 6.45) is 10.00. The predicted octanol–water partition coefficient (Wildman–Crippen LogP) is 4.17. The maximum Gasteiger partial charge on any atom is 0.271 e. The maximum atomic E-state index is 13.8. The van der Waals surface area contributed by atoms with Crippen LogP contribution in [0.15, 0.2) is 16.5 Å². The van der Waals surface area contributed by atoms with Crippen LogP contribution < -0.4 is 5.32 Å². The zero-order chi connectivity index (χ0) is 22.3. The van der Waals surface area contributed by atoms with E-state index in [1.165, 1.54) is 19.3 Å². The zero-order valence-corrected chi connectivity index (χ0v) is 19.3. The van der Waals surface area contributed by atoms with Crippen molar-refractivity contribution in [2.75, 3.05) is 13.2 Å². The van der Waals surface area contributed by atoms with E-state index in [1.807, 2.05) is 30.5 Å². The van der Waals surface area contributed by atoms with Crippen LogP contribution in [-0.2, 0) is 16.1 Å². The number of ether oxygens (including phenoxy) is 1. The number of carbonyl (C=O) groups excluding carboxylic acids is 2. The summed E-state index contributed by atoms with van der Waals surface area (Å²) in [5, 5.41) is 3.34. The Bertz CT molecular complexity index is 994. The molecule has 2 aromatic rings. The van der Waals surface area contributed by atoms with Gasteiger partial charge in [0.2, 0.25) is 5.91 Å². The van der Waals surface area contributed by atoms with Crippen molar-refractivity contribution in [3.05, 3.63) is 23.6 Å². The molecule has 2 amide bonds. The summed E-state index contributed by atoms with van der Waals surface area (Å²) < 4.78 is 13.6. The molecule has 5 rings (SSSR count). The van der Waals surface area contributed by atoms with Gasteiger partial charge < -0.3 is 23.9 Å². The van der Waals surface area contributed by atoms with E-state index in [0.717, 1.165) is 56.4 Å². The Labute approximate surface area is 189 Å². The highest BCUT2D eigenvalue weighted by atomic mass is 16.5. The van der Waals surface area contributed by atoms with Crippen LogP contribution in [0.4, 0.5) is 0 Å². The van der Waals surface area contributed by atoms with Gasteiger partial charge in [0.1, 0.15) is 17.0 Å². The topological polar surface area (TPSA) is 76.7 Å². The molecule has 2 aromatic heterocycles. The van der Waals surface area contributed by atoms with Gasteiger partial charge in [-0.1, -0.05) is 32.1 Å². The Morgan fingerprint density at radius 3 is 2.59 bits per heavy atom. The number of hydrogen-bond acceptors (Lipinski definition) is 4. The molecule has 7 nitrogen and oxygen atoms in total. The molecule has 0 unspecified atom stereocenters. The third-order valence-electron chi connectivity index (χ3n) is 7.58. The fourth-order valence-electron chi connectivity index (χ4n) is 5.68. The highest BCUT2D eigenvalue weighted by Gasteiger charge is 2.49. The van der Waals surface area contributed by atoms with Crippen molar-refractivity contribution in [2.45, 2.75) is 95.9 Å². The van der Waals surface area contributed by atoms with E-state index < -0.39 is 5.54 Å². The summed E-state index contributed by atoms with van der Waals surface area (Å²) in [7, 11) is 0. The molecule has 1 saturated heterocycles. The van der Waals surface area contributed by atoms with Crippen molar-refractivity contribution in [1.82, 2.24) is 14.8 Å². The number of amides is 2. The molecule has 174 valence electrons. The van der Waals surface area contributed by atoms with E-state index in [2.05, 4.69) is 5.32 Å². The first-order valence-corrected chi connectivity index (χ1v) is 12.3. The Morgan fingerprint density at radius 2 is 1.88 bits per heavy atom. The van der Waals surface area contributed by atoms with Gasteiger partial charge in [-0.05, 0) is 39.5 Å². The van der Waals surface area contributed by atoms with Crippen LogP contribution in [-0.4, -0.2) is 52.1 Å². The van der Waals surface area contributed by atoms with Crippen molar-refractivity contribution in [2.24, 2.45) is 0 Å². The van der Waals surface area contributed by atoms with Crippen molar-refractivity contribution >= 4 is 22.9 Å². The number of rotatable bonds is 4. The van der Waals surface area contributed by atoms with Crippen LogP contribution in [0.5, 0.6) is 0 Å². The van der Waals surface area contributed by atoms with Crippen LogP contribution in [0.3, 0.4) is 0 Å². The van der Waals surface area contributed by atoms with E-state index in [4.69, 9.17) is 9.15 Å². The molecule has 1 saturated carbocycles. The van der Waals surface area contributed by atoms with E-state index in [1.54, 1.807) is 4.90 Å². The maximum absolute atomic E-state index is 13.8. The van der Waals surface area contributed by atoms with Crippen LogP contribution in [0.1, 0.15) is 81.0 Å². The van der Waals surface area contributed by atoms with Gasteiger partial charge in [0.15, 0.2) is 5.58 Å². The first-order chi connectivity index (χ1) is 15.5. The zero-order valence-electron chi connectivity index (χ0n) is 19.3. The van der Waals surface area contributed by atoms with Crippen LogP contribution in [0.25, 0.3) is 11.1 Å². The first-order valence-electron chi connectivity index (χ1n) is 12.3. The molecular formula is C25H35N3O4. The van der Waals surface area contributed by atoms with Crippen molar-refractivity contribution < 1.29 is 18.7 Å². The fourth-order valence-corrected chi connectivity index (χ4v) is 5.68. The second kappa shape index (κ2) is 8.58. The van der Waals surface area contributed by atoms with Crippen molar-refractivity contribution in [1.29, 1.82) is 0 Å². The second-order valence-electron chi connectivity index (χ2n) is 10.1. The number of fused-ring (bicyclic) bond motifs is 3. The third kappa shape index (κ3) is 3.85. The highest BCUT2D eigenvalue weighted by molar-refractivity contribution is 6.03. The van der Waals surface area contributed by atoms with Crippen LogP contribution in [0.2, 0.25) is 0 Å². The van der Waals surface area contributed by atoms with Crippen molar-refractivity contribution in [3.8, 4) is 0 Å². The normalized spacial score (nSPS) is 27.4. The van der Waals surface area contributed by atoms with E-state index in [-0.39, 0.29) is 24.0 Å². The largest absolute Gasteiger partial charge is 0.460 e. The van der Waals surface area contributed by atoms with Gasteiger partial charge in [0, 0.05) is 31.3 Å². The fraction of sp³-hybridized carbons (Fsp3) is 0.680. The molecule has 0 aromatic carbocycles. The Balaban J connectivity index is 1.47. The number of carbonyl (C=O) groups is 2. The van der Waals surface area contributed by atoms with Crippen molar-refractivity contribution in [3.63, 3.8) is 0 Å². The Kier molecular flexibility index (Phi) is 5.78. The molecule has 0 radical (unpaired) electrons. The lowest BCUT2D eigenvalue weighted by Crippen LogP contribution is -2.66. The average molecular weight is 442 g/mol. The molecule has 2 atom stereocenters. The molecule has 0 spiro atoms. The predicted molar refractivity (Wildman–Crippen MR) is 122 cm³/mol. The van der Waals surface area contributed by atoms with Gasteiger partial charge in [-0.3, -0.25) is 9.59 Å². The highest BCUT2D eigenvalue weighted by Crippen LogP contribution is 2.35. The second-order valence-corrected chi connectivity index (χ2v) is 10.1. The third-order valence-corrected chi connectivity index (χ3v) is 7.58. The van der Waals surface area contributed by atoms with Crippen LogP contribution >= 0.6 is 0 Å². The van der Waals surface area contributed by atoms with Gasteiger partial charge in [-0.15, -0.1) is 0 Å². The lowest BCUT2D eigenvalue weighted by molar-refractivity contribution is -0.134. The summed E-state index contributed by atoms with van der Waals surface area (Å²) in [4.78, 5) is 29.3. The molecular weight excluding hydrogens is 406 g/mol. The average Bonchev–Trinajstić information content (AvgIpc) is 3.44. The minimum Gasteiger partial charge on any atom is -0.460 e. The number of aromatic nitrogens is 1. The van der Waals surface area contributed by atoms with Gasteiger partial charge in [0.25, 0.3) is 5.91 Å². The molecule has 2 aliphatic heterocycles. The quantitative estimate of drug-likeness (QED) is 0.773. The van der Waals surface area contributed by atoms with Gasteiger partial charge in [0.05, 0.1) is 18.2 Å². The Morgan fingerprint density at radius 1 is 1.12 bits per heavy atom. The number of nitrogens with zero attached hydrogens (tertiary/aromatic N) is 2. The standard InChI is InChI=1S/C25H35N3O4/c1-17-13-20-22(32-17)14-21-23(29)28(15-19-11-8-12-31-19)25(2,16-27(20)21)24(30)26-18-9-6-4-3-5-7-10-18/h13-14,18-19H,3-12,15-16H2,1-2H3,(H,26,30)/t19-,25-/m0/s1. The molecule has 2 fully saturated rings. The minimum absolute atomic E-state index is 0.0146. The minimum atomic E-state index is -0.977. The van der Waals surface area contributed by atoms with Gasteiger partial charge in [-0.2, -0.15) is 0 Å². The summed E-state index contributed by atoms with van der Waals surface area (Å²) in [6, 6.07) is 3.95. The molecule has 32 heavy (non-hydrogen) atoms. The molecule has 4 heterocycles. The number of hydrogen-bond donors (Lipinski definition) is 1. The monoisotopic (exact) mass is 441 g/mol. The number of furan rings is 1. The van der Waals surface area contributed by atoms with Crippen LogP contribution in [0, 0.1) is 6.92 Å². The number of nitrogens with one attached hydrogen (secondary N) is 1. The molecule has 1 N–H and O–H groups in total. The van der Waals surface area contributed by atoms with E-state index >= 15 is 0 Å². The van der Waals surface area contributed by atoms with E-state index in [0.29, 0.717) is 24.4 Å². The Hall–Kier alpha value is -2.28.